The van der Waals surface area contributed by atoms with Crippen LogP contribution in [0.2, 0.25) is 5.02 Å². The van der Waals surface area contributed by atoms with Gasteiger partial charge in [-0.05, 0) is 72.1 Å². The number of nitrogens with zero attached hydrogens (tertiary/aromatic N) is 3. The largest absolute Gasteiger partial charge is 0.322 e. The van der Waals surface area contributed by atoms with Gasteiger partial charge < -0.3 is 4.90 Å². The van der Waals surface area contributed by atoms with E-state index in [0.29, 0.717) is 24.1 Å². The van der Waals surface area contributed by atoms with E-state index in [1.165, 1.54) is 34.1 Å². The average Bonchev–Trinajstić information content (AvgIpc) is 3.26. The van der Waals surface area contributed by atoms with Gasteiger partial charge in [0.05, 0.1) is 0 Å². The van der Waals surface area contributed by atoms with Crippen LogP contribution in [0, 0.1) is 11.2 Å². The molecule has 1 unspecified atom stereocenters. The molecule has 42 heavy (non-hydrogen) atoms. The van der Waals surface area contributed by atoms with Gasteiger partial charge in [0.2, 0.25) is 11.8 Å². The van der Waals surface area contributed by atoms with Crippen molar-refractivity contribution in [1.29, 1.82) is 0 Å². The van der Waals surface area contributed by atoms with E-state index >= 15 is 4.39 Å². The molecule has 4 aliphatic rings. The second kappa shape index (κ2) is 11.5. The molecule has 1 N–H and O–H groups in total. The Hall–Kier alpha value is -3.07. The highest BCUT2D eigenvalue weighted by Gasteiger charge is 2.39. The van der Waals surface area contributed by atoms with Crippen molar-refractivity contribution in [1.82, 2.24) is 20.0 Å². The fourth-order valence-corrected chi connectivity index (χ4v) is 6.97. The topological polar surface area (TPSA) is 73.0 Å². The van der Waals surface area contributed by atoms with E-state index in [0.717, 1.165) is 56.2 Å². The summed E-state index contributed by atoms with van der Waals surface area (Å²) in [4.78, 5) is 43.1. The molecule has 2 aromatic rings. The van der Waals surface area contributed by atoms with Crippen molar-refractivity contribution < 1.29 is 18.8 Å². The standard InChI is InChI=1S/C33H38ClFN4O3/c1-33(2)10-9-22(27(17-33)21-3-5-25(34)6-4-21)18-37-11-13-38(14-12-37)19-24-15-23-20-39(32(42)26(23)16-28(24)35)29-7-8-30(40)36-31(29)41/h3-6,15-16,29H,7-14,17-20H2,1-2H3,(H,36,40,41). The van der Waals surface area contributed by atoms with Gasteiger partial charge in [0.25, 0.3) is 5.91 Å². The lowest BCUT2D eigenvalue weighted by Crippen LogP contribution is -2.52. The summed E-state index contributed by atoms with van der Waals surface area (Å²) in [5.41, 5.74) is 6.13. The van der Waals surface area contributed by atoms with Gasteiger partial charge in [-0.2, -0.15) is 0 Å². The SMILES string of the molecule is CC1(C)CCC(CN2CCN(Cc3cc4c(cc3F)C(=O)N(C3CCC(=O)NC3=O)C4)CC2)=C(c2ccc(Cl)cc2)C1. The van der Waals surface area contributed by atoms with Crippen LogP contribution in [0.4, 0.5) is 4.39 Å². The van der Waals surface area contributed by atoms with E-state index in [1.54, 1.807) is 6.07 Å². The van der Waals surface area contributed by atoms with Crippen molar-refractivity contribution >= 4 is 34.9 Å². The molecule has 222 valence electrons. The summed E-state index contributed by atoms with van der Waals surface area (Å²) >= 11 is 6.17. The minimum absolute atomic E-state index is 0.194. The van der Waals surface area contributed by atoms with Gasteiger partial charge in [0, 0.05) is 68.4 Å². The number of imide groups is 1. The van der Waals surface area contributed by atoms with Crippen LogP contribution >= 0.6 is 11.6 Å². The van der Waals surface area contributed by atoms with Crippen molar-refractivity contribution in [3.8, 4) is 0 Å². The molecule has 6 rings (SSSR count). The predicted molar refractivity (Wildman–Crippen MR) is 160 cm³/mol. The van der Waals surface area contributed by atoms with Crippen LogP contribution in [0.25, 0.3) is 5.57 Å². The molecule has 0 radical (unpaired) electrons. The molecular formula is C33H38ClFN4O3. The molecule has 2 aromatic carbocycles. The van der Waals surface area contributed by atoms with E-state index < -0.39 is 17.8 Å². The lowest BCUT2D eigenvalue weighted by atomic mass is 9.72. The molecule has 3 aliphatic heterocycles. The van der Waals surface area contributed by atoms with Gasteiger partial charge in [-0.3, -0.25) is 29.5 Å². The van der Waals surface area contributed by atoms with Crippen molar-refractivity contribution in [2.75, 3.05) is 32.7 Å². The second-order valence-electron chi connectivity index (χ2n) is 13.0. The molecule has 1 atom stereocenters. The first-order valence-electron chi connectivity index (χ1n) is 14.9. The number of hydrogen-bond acceptors (Lipinski definition) is 5. The molecular weight excluding hydrogens is 555 g/mol. The van der Waals surface area contributed by atoms with Crippen LogP contribution in [-0.4, -0.2) is 71.2 Å². The summed E-state index contributed by atoms with van der Waals surface area (Å²) in [5, 5.41) is 3.07. The zero-order valence-corrected chi connectivity index (χ0v) is 25.1. The Labute approximate surface area is 251 Å². The van der Waals surface area contributed by atoms with Gasteiger partial charge in [0.15, 0.2) is 0 Å². The zero-order chi connectivity index (χ0) is 29.6. The third-order valence-corrected chi connectivity index (χ3v) is 9.59. The smallest absolute Gasteiger partial charge is 0.255 e. The van der Waals surface area contributed by atoms with E-state index in [4.69, 9.17) is 11.6 Å². The average molecular weight is 593 g/mol. The van der Waals surface area contributed by atoms with E-state index in [-0.39, 0.29) is 30.2 Å². The second-order valence-corrected chi connectivity index (χ2v) is 13.4. The number of hydrogen-bond donors (Lipinski definition) is 1. The summed E-state index contributed by atoms with van der Waals surface area (Å²) in [7, 11) is 0. The Kier molecular flexibility index (Phi) is 7.98. The summed E-state index contributed by atoms with van der Waals surface area (Å²) in [6, 6.07) is 10.6. The normalized spacial score (nSPS) is 23.4. The molecule has 9 heteroatoms. The number of carbonyl (C=O) groups is 3. The maximum Gasteiger partial charge on any atom is 0.255 e. The van der Waals surface area contributed by atoms with Crippen molar-refractivity contribution in [2.45, 2.75) is 65.1 Å². The molecule has 0 bridgehead atoms. The number of piperidine rings is 1. The lowest BCUT2D eigenvalue weighted by molar-refractivity contribution is -0.136. The number of rotatable bonds is 6. The van der Waals surface area contributed by atoms with Crippen LogP contribution in [0.5, 0.6) is 0 Å². The maximum absolute atomic E-state index is 15.2. The third kappa shape index (κ3) is 6.03. The number of allylic oxidation sites excluding steroid dienone is 1. The zero-order valence-electron chi connectivity index (χ0n) is 24.3. The number of benzene rings is 2. The summed E-state index contributed by atoms with van der Waals surface area (Å²) in [6.45, 7) is 9.88. The number of piperazine rings is 1. The molecule has 2 saturated heterocycles. The molecule has 3 amide bonds. The molecule has 0 aromatic heterocycles. The Morgan fingerprint density at radius 3 is 2.36 bits per heavy atom. The molecule has 0 saturated carbocycles. The van der Waals surface area contributed by atoms with Crippen molar-refractivity contribution in [2.24, 2.45) is 5.41 Å². The quantitative estimate of drug-likeness (QED) is 0.477. The van der Waals surface area contributed by atoms with E-state index in [1.807, 2.05) is 12.1 Å². The highest BCUT2D eigenvalue weighted by atomic mass is 35.5. The van der Waals surface area contributed by atoms with E-state index in [2.05, 4.69) is 41.1 Å². The molecule has 0 spiro atoms. The van der Waals surface area contributed by atoms with E-state index in [9.17, 15) is 14.4 Å². The van der Waals surface area contributed by atoms with Gasteiger partial charge in [-0.15, -0.1) is 0 Å². The summed E-state index contributed by atoms with van der Waals surface area (Å²) < 4.78 is 15.2. The monoisotopic (exact) mass is 592 g/mol. The summed E-state index contributed by atoms with van der Waals surface area (Å²) in [6.07, 6.45) is 3.82. The van der Waals surface area contributed by atoms with Gasteiger partial charge >= 0.3 is 0 Å². The maximum atomic E-state index is 15.2. The van der Waals surface area contributed by atoms with Gasteiger partial charge in [0.1, 0.15) is 11.9 Å². The summed E-state index contributed by atoms with van der Waals surface area (Å²) in [5.74, 6) is -1.52. The molecule has 2 fully saturated rings. The van der Waals surface area contributed by atoms with Crippen molar-refractivity contribution in [3.63, 3.8) is 0 Å². The Morgan fingerprint density at radius 2 is 1.67 bits per heavy atom. The minimum atomic E-state index is -0.701. The lowest BCUT2D eigenvalue weighted by Gasteiger charge is -2.38. The van der Waals surface area contributed by atoms with Crippen LogP contribution < -0.4 is 5.32 Å². The first-order valence-corrected chi connectivity index (χ1v) is 15.3. The Bertz CT molecular complexity index is 1450. The number of amides is 3. The fraction of sp³-hybridized carbons (Fsp3) is 0.485. The minimum Gasteiger partial charge on any atom is -0.322 e. The predicted octanol–water partition coefficient (Wildman–Crippen LogP) is 5.02. The third-order valence-electron chi connectivity index (χ3n) is 9.34. The molecule has 3 heterocycles. The van der Waals surface area contributed by atoms with Gasteiger partial charge in [-0.25, -0.2) is 4.39 Å². The first-order chi connectivity index (χ1) is 20.1. The molecule has 1 aliphatic carbocycles. The highest BCUT2D eigenvalue weighted by molar-refractivity contribution is 6.30. The Balaban J connectivity index is 1.09. The fourth-order valence-electron chi connectivity index (χ4n) is 6.84. The Morgan fingerprint density at radius 1 is 0.976 bits per heavy atom. The first kappa shape index (κ1) is 29.0. The highest BCUT2D eigenvalue weighted by Crippen LogP contribution is 2.43. The number of nitrogens with one attached hydrogen (secondary N) is 1. The van der Waals surface area contributed by atoms with Crippen LogP contribution in [0.1, 0.15) is 73.0 Å². The number of halogens is 2. The van der Waals surface area contributed by atoms with Crippen molar-refractivity contribution in [3.05, 3.63) is 75.1 Å². The van der Waals surface area contributed by atoms with Crippen LogP contribution in [0.3, 0.4) is 0 Å². The molecule has 7 nitrogen and oxygen atoms in total. The van der Waals surface area contributed by atoms with Crippen LogP contribution in [-0.2, 0) is 22.7 Å². The van der Waals surface area contributed by atoms with Crippen LogP contribution in [0.15, 0.2) is 42.0 Å². The van der Waals surface area contributed by atoms with Gasteiger partial charge in [-0.1, -0.05) is 43.2 Å². The number of carbonyl (C=O) groups excluding carboxylic acids is 3. The number of fused-ring (bicyclic) bond motifs is 1.